The van der Waals surface area contributed by atoms with Crippen LogP contribution in [0.3, 0.4) is 0 Å². The van der Waals surface area contributed by atoms with Gasteiger partial charge in [-0.2, -0.15) is 10.3 Å². The van der Waals surface area contributed by atoms with Gasteiger partial charge < -0.3 is 5.32 Å². The molecule has 0 unspecified atom stereocenters. The predicted octanol–water partition coefficient (Wildman–Crippen LogP) is 1.57. The van der Waals surface area contributed by atoms with Crippen molar-refractivity contribution in [3.8, 4) is 0 Å². The average molecular weight is 317 g/mol. The third kappa shape index (κ3) is 2.62. The minimum absolute atomic E-state index is 0.0101. The Morgan fingerprint density at radius 2 is 2.04 bits per heavy atom. The summed E-state index contributed by atoms with van der Waals surface area (Å²) in [6, 6.07) is 1.89. The average Bonchev–Trinajstić information content (AvgIpc) is 2.90. The molecule has 2 aromatic heterocycles. The summed E-state index contributed by atoms with van der Waals surface area (Å²) >= 11 is 0. The van der Waals surface area contributed by atoms with Gasteiger partial charge in [-0.05, 0) is 17.8 Å². The number of aromatic amines is 1. The van der Waals surface area contributed by atoms with Crippen molar-refractivity contribution in [1.82, 2.24) is 30.4 Å². The van der Waals surface area contributed by atoms with Crippen LogP contribution < -0.4 is 5.32 Å². The Kier molecular flexibility index (Phi) is 3.50. The molecular weight excluding hydrogens is 294 g/mol. The number of hydrogen-bond donors (Lipinski definition) is 2. The molecule has 0 atom stereocenters. The summed E-state index contributed by atoms with van der Waals surface area (Å²) in [5, 5.41) is 21.3. The van der Waals surface area contributed by atoms with E-state index in [4.69, 9.17) is 0 Å². The molecule has 2 N–H and O–H groups in total. The number of anilines is 1. The Morgan fingerprint density at radius 1 is 1.35 bits per heavy atom. The summed E-state index contributed by atoms with van der Waals surface area (Å²) in [5.74, 6) is 1.41. The number of carbonyl (C=O) groups excluding carboxylic acids is 1. The van der Waals surface area contributed by atoms with Crippen molar-refractivity contribution >= 4 is 11.7 Å². The predicted molar refractivity (Wildman–Crippen MR) is 84.5 cm³/mol. The lowest BCUT2D eigenvalue weighted by Crippen LogP contribution is -2.20. The van der Waals surface area contributed by atoms with Crippen LogP contribution >= 0.6 is 0 Å². The summed E-state index contributed by atoms with van der Waals surface area (Å²) in [6.07, 6.45) is 0.598. The van der Waals surface area contributed by atoms with Gasteiger partial charge in [0.15, 0.2) is 5.82 Å². The quantitative estimate of drug-likeness (QED) is 0.871. The fourth-order valence-electron chi connectivity index (χ4n) is 3.36. The van der Waals surface area contributed by atoms with Crippen LogP contribution in [0.2, 0.25) is 0 Å². The van der Waals surface area contributed by atoms with Crippen LogP contribution in [0.1, 0.15) is 39.2 Å². The van der Waals surface area contributed by atoms with Crippen LogP contribution in [0.4, 0.5) is 5.82 Å². The third-order valence-electron chi connectivity index (χ3n) is 5.37. The first-order valence-electron chi connectivity index (χ1n) is 7.81. The lowest BCUT2D eigenvalue weighted by Gasteiger charge is -2.09. The molecular formula is C15H23N7O. The second-order valence-corrected chi connectivity index (χ2v) is 7.34. The summed E-state index contributed by atoms with van der Waals surface area (Å²) < 4.78 is 1.78. The largest absolute Gasteiger partial charge is 0.311 e. The fourth-order valence-corrected chi connectivity index (χ4v) is 3.36. The van der Waals surface area contributed by atoms with E-state index in [0.29, 0.717) is 18.8 Å². The monoisotopic (exact) mass is 317 g/mol. The van der Waals surface area contributed by atoms with Gasteiger partial charge in [-0.25, -0.2) is 4.68 Å². The van der Waals surface area contributed by atoms with Gasteiger partial charge in [-0.1, -0.05) is 32.9 Å². The molecule has 124 valence electrons. The van der Waals surface area contributed by atoms with Gasteiger partial charge in [0.25, 0.3) is 0 Å². The maximum atomic E-state index is 12.6. The molecule has 1 amide bonds. The van der Waals surface area contributed by atoms with Gasteiger partial charge in [-0.15, -0.1) is 10.2 Å². The number of carbonyl (C=O) groups is 1. The molecule has 1 aliphatic rings. The first kappa shape index (κ1) is 15.6. The smallest absolute Gasteiger partial charge is 0.229 e. The van der Waals surface area contributed by atoms with Gasteiger partial charge in [-0.3, -0.25) is 4.79 Å². The van der Waals surface area contributed by atoms with E-state index in [-0.39, 0.29) is 22.7 Å². The summed E-state index contributed by atoms with van der Waals surface area (Å²) in [6.45, 7) is 11.0. The topological polar surface area (TPSA) is 101 Å². The highest BCUT2D eigenvalue weighted by Gasteiger charge is 2.68. The maximum absolute atomic E-state index is 12.6. The Balaban J connectivity index is 1.70. The van der Waals surface area contributed by atoms with Crippen molar-refractivity contribution in [2.24, 2.45) is 16.7 Å². The van der Waals surface area contributed by atoms with Gasteiger partial charge in [0.1, 0.15) is 5.82 Å². The van der Waals surface area contributed by atoms with Crippen molar-refractivity contribution < 1.29 is 4.79 Å². The molecule has 1 saturated carbocycles. The number of nitrogens with zero attached hydrogens (tertiary/aromatic N) is 5. The van der Waals surface area contributed by atoms with Crippen molar-refractivity contribution in [2.75, 3.05) is 5.32 Å². The Bertz CT molecular complexity index is 700. The van der Waals surface area contributed by atoms with Crippen LogP contribution in [0.5, 0.6) is 0 Å². The van der Waals surface area contributed by atoms with E-state index in [1.807, 2.05) is 13.0 Å². The first-order valence-corrected chi connectivity index (χ1v) is 7.81. The Hall–Kier alpha value is -2.25. The zero-order valence-corrected chi connectivity index (χ0v) is 14.2. The normalized spacial score (nSPS) is 18.8. The molecule has 1 aliphatic carbocycles. The summed E-state index contributed by atoms with van der Waals surface area (Å²) in [7, 11) is 0. The standard InChI is InChI=1S/C15H23N7O/c1-9-8-11(16-13(23)12-14(2,3)15(12,4)5)22(19-9)7-6-10-17-20-21-18-10/h8,12H,6-7H2,1-5H3,(H,16,23)(H,17,18,20,21). The molecule has 0 radical (unpaired) electrons. The molecule has 0 aliphatic heterocycles. The van der Waals surface area contributed by atoms with E-state index in [1.54, 1.807) is 4.68 Å². The van der Waals surface area contributed by atoms with Gasteiger partial charge >= 0.3 is 0 Å². The van der Waals surface area contributed by atoms with Crippen molar-refractivity contribution in [1.29, 1.82) is 0 Å². The molecule has 0 spiro atoms. The van der Waals surface area contributed by atoms with Crippen LogP contribution in [0.25, 0.3) is 0 Å². The molecule has 0 aromatic carbocycles. The van der Waals surface area contributed by atoms with Crippen LogP contribution in [-0.2, 0) is 17.8 Å². The number of nitrogens with one attached hydrogen (secondary N) is 2. The van der Waals surface area contributed by atoms with Crippen LogP contribution in [-0.4, -0.2) is 36.3 Å². The number of hydrogen-bond acceptors (Lipinski definition) is 5. The summed E-state index contributed by atoms with van der Waals surface area (Å²) in [4.78, 5) is 12.6. The summed E-state index contributed by atoms with van der Waals surface area (Å²) in [5.41, 5.74) is 0.895. The number of rotatable bonds is 5. The highest BCUT2D eigenvalue weighted by molar-refractivity contribution is 5.95. The maximum Gasteiger partial charge on any atom is 0.229 e. The highest BCUT2D eigenvalue weighted by Crippen LogP contribution is 2.68. The van der Waals surface area contributed by atoms with Crippen molar-refractivity contribution in [3.05, 3.63) is 17.6 Å². The van der Waals surface area contributed by atoms with Gasteiger partial charge in [0.2, 0.25) is 5.91 Å². The lowest BCUT2D eigenvalue weighted by molar-refractivity contribution is -0.118. The van der Waals surface area contributed by atoms with Crippen LogP contribution in [0, 0.1) is 23.7 Å². The first-order chi connectivity index (χ1) is 10.7. The van der Waals surface area contributed by atoms with E-state index in [1.165, 1.54) is 0 Å². The zero-order chi connectivity index (χ0) is 16.8. The SMILES string of the molecule is Cc1cc(NC(=O)C2C(C)(C)C2(C)C)n(CCc2nn[nH]n2)n1. The number of tetrazole rings is 1. The molecule has 23 heavy (non-hydrogen) atoms. The van der Waals surface area contributed by atoms with Crippen LogP contribution in [0.15, 0.2) is 6.07 Å². The molecule has 2 aromatic rings. The Labute approximate surface area is 135 Å². The minimum atomic E-state index is 0.0101. The van der Waals surface area contributed by atoms with E-state index < -0.39 is 0 Å². The molecule has 2 heterocycles. The molecule has 1 fully saturated rings. The molecule has 3 rings (SSSR count). The highest BCUT2D eigenvalue weighted by atomic mass is 16.2. The van der Waals surface area contributed by atoms with E-state index >= 15 is 0 Å². The Morgan fingerprint density at radius 3 is 2.61 bits per heavy atom. The van der Waals surface area contributed by atoms with E-state index in [0.717, 1.165) is 11.5 Å². The second kappa shape index (κ2) is 5.14. The number of H-pyrrole nitrogens is 1. The lowest BCUT2D eigenvalue weighted by atomic mass is 10.0. The van der Waals surface area contributed by atoms with E-state index in [9.17, 15) is 4.79 Å². The van der Waals surface area contributed by atoms with Crippen molar-refractivity contribution in [2.45, 2.75) is 47.6 Å². The number of amides is 1. The molecule has 8 nitrogen and oxygen atoms in total. The zero-order valence-electron chi connectivity index (χ0n) is 14.2. The van der Waals surface area contributed by atoms with Gasteiger partial charge in [0.05, 0.1) is 12.2 Å². The number of aromatic nitrogens is 6. The fraction of sp³-hybridized carbons (Fsp3) is 0.667. The van der Waals surface area contributed by atoms with E-state index in [2.05, 4.69) is 58.7 Å². The van der Waals surface area contributed by atoms with Gasteiger partial charge in [0, 0.05) is 18.4 Å². The molecule has 0 saturated heterocycles. The number of aryl methyl sites for hydroxylation is 3. The molecule has 0 bridgehead atoms. The van der Waals surface area contributed by atoms with Crippen molar-refractivity contribution in [3.63, 3.8) is 0 Å². The molecule has 8 heteroatoms. The minimum Gasteiger partial charge on any atom is -0.311 e. The second-order valence-electron chi connectivity index (χ2n) is 7.34. The third-order valence-corrected chi connectivity index (χ3v) is 5.37.